The van der Waals surface area contributed by atoms with Crippen LogP contribution in [-0.4, -0.2) is 34.9 Å². The number of thiophene rings is 1. The number of urea groups is 1. The van der Waals surface area contributed by atoms with Crippen LogP contribution in [0.15, 0.2) is 46.4 Å². The van der Waals surface area contributed by atoms with Crippen molar-refractivity contribution < 1.29 is 14.0 Å². The zero-order chi connectivity index (χ0) is 20.8. The van der Waals surface area contributed by atoms with E-state index < -0.39 is 0 Å². The third-order valence-corrected chi connectivity index (χ3v) is 5.27. The van der Waals surface area contributed by atoms with Crippen molar-refractivity contribution in [1.29, 1.82) is 0 Å². The molecule has 3 rings (SSSR count). The monoisotopic (exact) mass is 432 g/mol. The third kappa shape index (κ3) is 5.58. The number of oxazole rings is 1. The molecule has 0 aliphatic carbocycles. The minimum Gasteiger partial charge on any atom is -0.443 e. The van der Waals surface area contributed by atoms with E-state index in [-0.39, 0.29) is 25.0 Å². The van der Waals surface area contributed by atoms with Crippen LogP contribution < -0.4 is 10.6 Å². The fourth-order valence-electron chi connectivity index (χ4n) is 2.60. The molecule has 152 valence electrons. The van der Waals surface area contributed by atoms with Crippen molar-refractivity contribution in [2.75, 3.05) is 18.4 Å². The Morgan fingerprint density at radius 2 is 2.14 bits per heavy atom. The number of benzene rings is 1. The summed E-state index contributed by atoms with van der Waals surface area (Å²) in [5, 5.41) is 8.03. The van der Waals surface area contributed by atoms with Gasteiger partial charge in [0.15, 0.2) is 0 Å². The van der Waals surface area contributed by atoms with Gasteiger partial charge in [-0.05, 0) is 43.0 Å². The van der Waals surface area contributed by atoms with E-state index in [1.165, 1.54) is 22.5 Å². The Morgan fingerprint density at radius 1 is 1.31 bits per heavy atom. The van der Waals surface area contributed by atoms with E-state index in [0.29, 0.717) is 28.8 Å². The Bertz CT molecular complexity index is 988. The van der Waals surface area contributed by atoms with Crippen LogP contribution in [-0.2, 0) is 11.3 Å². The maximum atomic E-state index is 12.4. The van der Waals surface area contributed by atoms with Crippen LogP contribution in [0.3, 0.4) is 0 Å². The lowest BCUT2D eigenvalue weighted by atomic mass is 10.2. The third-order valence-electron chi connectivity index (χ3n) is 4.18. The van der Waals surface area contributed by atoms with E-state index in [1.54, 1.807) is 12.1 Å². The summed E-state index contributed by atoms with van der Waals surface area (Å²) in [5.41, 5.74) is 2.13. The second-order valence-corrected chi connectivity index (χ2v) is 7.69. The number of anilines is 1. The van der Waals surface area contributed by atoms with Crippen LogP contribution in [0.2, 0.25) is 5.02 Å². The van der Waals surface area contributed by atoms with Crippen LogP contribution in [0.1, 0.15) is 18.2 Å². The van der Waals surface area contributed by atoms with Crippen LogP contribution in [0.4, 0.5) is 10.5 Å². The predicted molar refractivity (Wildman–Crippen MR) is 114 cm³/mol. The van der Waals surface area contributed by atoms with Crippen molar-refractivity contribution in [2.24, 2.45) is 0 Å². The molecule has 0 atom stereocenters. The molecule has 0 radical (unpaired) electrons. The number of carbonyl (C=O) groups excluding carboxylic acids is 2. The number of likely N-dealkylation sites (N-methyl/N-ethyl adjacent to an activating group) is 1. The highest BCUT2D eigenvalue weighted by molar-refractivity contribution is 7.13. The first-order valence-electron chi connectivity index (χ1n) is 9.03. The Hall–Kier alpha value is -2.84. The summed E-state index contributed by atoms with van der Waals surface area (Å²) in [7, 11) is 0. The second kappa shape index (κ2) is 9.58. The van der Waals surface area contributed by atoms with Gasteiger partial charge in [0.25, 0.3) is 0 Å². The molecule has 2 aromatic heterocycles. The first-order valence-corrected chi connectivity index (χ1v) is 10.3. The lowest BCUT2D eigenvalue weighted by Crippen LogP contribution is -2.43. The highest BCUT2D eigenvalue weighted by atomic mass is 35.5. The number of carbonyl (C=O) groups is 2. The largest absolute Gasteiger partial charge is 0.443 e. The van der Waals surface area contributed by atoms with Gasteiger partial charge in [0.2, 0.25) is 11.8 Å². The molecule has 0 fully saturated rings. The molecule has 2 N–H and O–H groups in total. The predicted octanol–water partition coefficient (Wildman–Crippen LogP) is 4.54. The minimum atomic E-state index is -0.355. The number of nitrogens with one attached hydrogen (secondary N) is 2. The van der Waals surface area contributed by atoms with Gasteiger partial charge in [-0.2, -0.15) is 0 Å². The van der Waals surface area contributed by atoms with Gasteiger partial charge in [-0.1, -0.05) is 23.7 Å². The molecule has 7 nitrogen and oxygen atoms in total. The van der Waals surface area contributed by atoms with Crippen LogP contribution in [0, 0.1) is 6.92 Å². The smallest absolute Gasteiger partial charge is 0.318 e. The number of aromatic nitrogens is 1. The van der Waals surface area contributed by atoms with Gasteiger partial charge in [-0.15, -0.1) is 11.3 Å². The summed E-state index contributed by atoms with van der Waals surface area (Å²) in [5.74, 6) is 0.224. The van der Waals surface area contributed by atoms with E-state index in [1.807, 2.05) is 37.4 Å². The average molecular weight is 433 g/mol. The standard InChI is InChI=1S/C20H21ClN4O3S/c1-3-25(11-18(26)24-16-9-14(21)7-6-13(16)2)20(27)22-10-15-12-28-19(23-15)17-5-4-8-29-17/h4-9,12H,3,10-11H2,1-2H3,(H,22,27)(H,24,26). The van der Waals surface area contributed by atoms with E-state index >= 15 is 0 Å². The van der Waals surface area contributed by atoms with Gasteiger partial charge >= 0.3 is 6.03 Å². The van der Waals surface area contributed by atoms with Gasteiger partial charge in [0, 0.05) is 17.3 Å². The van der Waals surface area contributed by atoms with Crippen molar-refractivity contribution in [3.63, 3.8) is 0 Å². The molecular formula is C20H21ClN4O3S. The topological polar surface area (TPSA) is 87.5 Å². The van der Waals surface area contributed by atoms with Crippen LogP contribution in [0.25, 0.3) is 10.8 Å². The Balaban J connectivity index is 1.53. The first-order chi connectivity index (χ1) is 14.0. The molecule has 0 bridgehead atoms. The Labute approximate surface area is 177 Å². The molecule has 0 saturated heterocycles. The summed E-state index contributed by atoms with van der Waals surface area (Å²) in [4.78, 5) is 31.5. The second-order valence-electron chi connectivity index (χ2n) is 6.30. The number of amides is 3. The van der Waals surface area contributed by atoms with E-state index in [9.17, 15) is 9.59 Å². The molecule has 29 heavy (non-hydrogen) atoms. The molecule has 0 saturated carbocycles. The number of nitrogens with zero attached hydrogens (tertiary/aromatic N) is 2. The van der Waals surface area contributed by atoms with Crippen molar-refractivity contribution in [3.05, 3.63) is 58.3 Å². The summed E-state index contributed by atoms with van der Waals surface area (Å²) < 4.78 is 5.44. The molecule has 2 heterocycles. The van der Waals surface area contributed by atoms with E-state index in [4.69, 9.17) is 16.0 Å². The molecule has 0 aliphatic rings. The number of rotatable bonds is 7. The molecule has 0 aliphatic heterocycles. The normalized spacial score (nSPS) is 10.6. The van der Waals surface area contributed by atoms with Crippen molar-refractivity contribution >= 4 is 40.6 Å². The molecule has 0 unspecified atom stereocenters. The lowest BCUT2D eigenvalue weighted by Gasteiger charge is -2.21. The Morgan fingerprint density at radius 3 is 2.86 bits per heavy atom. The van der Waals surface area contributed by atoms with Crippen molar-refractivity contribution in [2.45, 2.75) is 20.4 Å². The van der Waals surface area contributed by atoms with Gasteiger partial charge in [-0.25, -0.2) is 9.78 Å². The zero-order valence-corrected chi connectivity index (χ0v) is 17.6. The number of aryl methyl sites for hydroxylation is 1. The molecule has 0 spiro atoms. The lowest BCUT2D eigenvalue weighted by molar-refractivity contribution is -0.116. The quantitative estimate of drug-likeness (QED) is 0.574. The average Bonchev–Trinajstić information content (AvgIpc) is 3.38. The van der Waals surface area contributed by atoms with Crippen LogP contribution >= 0.6 is 22.9 Å². The van der Waals surface area contributed by atoms with Crippen molar-refractivity contribution in [3.8, 4) is 10.8 Å². The van der Waals surface area contributed by atoms with Crippen LogP contribution in [0.5, 0.6) is 0 Å². The fourth-order valence-corrected chi connectivity index (χ4v) is 3.43. The maximum absolute atomic E-state index is 12.4. The van der Waals surface area contributed by atoms with Crippen molar-refractivity contribution in [1.82, 2.24) is 15.2 Å². The zero-order valence-electron chi connectivity index (χ0n) is 16.1. The van der Waals surface area contributed by atoms with Gasteiger partial charge in [0.1, 0.15) is 12.8 Å². The molecular weight excluding hydrogens is 412 g/mol. The van der Waals surface area contributed by atoms with Gasteiger partial charge in [0.05, 0.1) is 17.1 Å². The molecule has 1 aromatic carbocycles. The van der Waals surface area contributed by atoms with E-state index in [2.05, 4.69) is 15.6 Å². The number of halogens is 1. The number of hydrogen-bond donors (Lipinski definition) is 2. The summed E-state index contributed by atoms with van der Waals surface area (Å²) in [6.07, 6.45) is 1.51. The maximum Gasteiger partial charge on any atom is 0.318 e. The van der Waals surface area contributed by atoms with Gasteiger partial charge < -0.3 is 20.0 Å². The molecule has 3 amide bonds. The first kappa shape index (κ1) is 20.9. The fraction of sp³-hybridized carbons (Fsp3) is 0.250. The summed E-state index contributed by atoms with van der Waals surface area (Å²) in [6.45, 7) is 4.20. The molecule has 3 aromatic rings. The highest BCUT2D eigenvalue weighted by Gasteiger charge is 2.17. The highest BCUT2D eigenvalue weighted by Crippen LogP contribution is 2.23. The Kier molecular flexibility index (Phi) is 6.90. The summed E-state index contributed by atoms with van der Waals surface area (Å²) >= 11 is 7.51. The van der Waals surface area contributed by atoms with E-state index in [0.717, 1.165) is 10.4 Å². The molecule has 9 heteroatoms. The number of hydrogen-bond acceptors (Lipinski definition) is 5. The van der Waals surface area contributed by atoms with Gasteiger partial charge in [-0.3, -0.25) is 4.79 Å². The minimum absolute atomic E-state index is 0.0758. The summed E-state index contributed by atoms with van der Waals surface area (Å²) in [6, 6.07) is 8.74. The SMILES string of the molecule is CCN(CC(=O)Nc1cc(Cl)ccc1C)C(=O)NCc1coc(-c2cccs2)n1.